The number of hydrogen-bond donors (Lipinski definition) is 1. The monoisotopic (exact) mass is 297 g/mol. The van der Waals surface area contributed by atoms with Crippen LogP contribution in [0.4, 0.5) is 11.4 Å². The number of halogens is 1. The Morgan fingerprint density at radius 1 is 0.889 bits per heavy atom. The standard InChI is InChI=1S/C14H8BrN3/c15-12-5-6-14(11(7-12)9-17)18-13-4-2-1-3-10(13)8-16/h1-7,18H. The first-order valence-corrected chi connectivity index (χ1v) is 5.99. The van der Waals surface area contributed by atoms with E-state index in [4.69, 9.17) is 10.5 Å². The molecule has 0 amide bonds. The van der Waals surface area contributed by atoms with E-state index < -0.39 is 0 Å². The smallest absolute Gasteiger partial charge is 0.101 e. The summed E-state index contributed by atoms with van der Waals surface area (Å²) in [5.41, 5.74) is 2.45. The summed E-state index contributed by atoms with van der Waals surface area (Å²) in [5, 5.41) is 21.2. The van der Waals surface area contributed by atoms with Gasteiger partial charge in [-0.15, -0.1) is 0 Å². The van der Waals surface area contributed by atoms with Crippen molar-refractivity contribution in [3.8, 4) is 12.1 Å². The lowest BCUT2D eigenvalue weighted by atomic mass is 10.1. The summed E-state index contributed by atoms with van der Waals surface area (Å²) in [4.78, 5) is 0. The third kappa shape index (κ3) is 2.51. The molecule has 0 bridgehead atoms. The summed E-state index contributed by atoms with van der Waals surface area (Å²) in [6, 6.07) is 16.8. The van der Waals surface area contributed by atoms with Crippen LogP contribution in [-0.4, -0.2) is 0 Å². The molecular weight excluding hydrogens is 290 g/mol. The van der Waals surface area contributed by atoms with Gasteiger partial charge in [0.05, 0.1) is 22.5 Å². The molecule has 0 spiro atoms. The third-order valence-electron chi connectivity index (χ3n) is 2.42. The summed E-state index contributed by atoms with van der Waals surface area (Å²) >= 11 is 3.32. The van der Waals surface area contributed by atoms with E-state index in [0.717, 1.165) is 4.47 Å². The van der Waals surface area contributed by atoms with Crippen molar-refractivity contribution < 1.29 is 0 Å². The van der Waals surface area contributed by atoms with Gasteiger partial charge < -0.3 is 5.32 Å². The van der Waals surface area contributed by atoms with E-state index in [1.165, 1.54) is 0 Å². The predicted molar refractivity (Wildman–Crippen MR) is 73.3 cm³/mol. The zero-order valence-electron chi connectivity index (χ0n) is 9.31. The Morgan fingerprint density at radius 3 is 2.28 bits per heavy atom. The van der Waals surface area contributed by atoms with Gasteiger partial charge >= 0.3 is 0 Å². The maximum Gasteiger partial charge on any atom is 0.101 e. The number of benzene rings is 2. The van der Waals surface area contributed by atoms with Crippen molar-refractivity contribution in [2.24, 2.45) is 0 Å². The van der Waals surface area contributed by atoms with Gasteiger partial charge in [0.1, 0.15) is 12.1 Å². The summed E-state index contributed by atoms with van der Waals surface area (Å²) in [6.07, 6.45) is 0. The Bertz CT molecular complexity index is 665. The molecule has 0 aliphatic carbocycles. The topological polar surface area (TPSA) is 59.6 Å². The molecule has 2 aromatic rings. The van der Waals surface area contributed by atoms with Gasteiger partial charge in [-0.05, 0) is 30.3 Å². The molecule has 0 aliphatic rings. The molecule has 3 nitrogen and oxygen atoms in total. The van der Waals surface area contributed by atoms with E-state index in [9.17, 15) is 0 Å². The van der Waals surface area contributed by atoms with Crippen LogP contribution in [-0.2, 0) is 0 Å². The molecule has 4 heteroatoms. The number of anilines is 2. The fraction of sp³-hybridized carbons (Fsp3) is 0. The Balaban J connectivity index is 2.41. The van der Waals surface area contributed by atoms with Gasteiger partial charge in [-0.25, -0.2) is 0 Å². The molecule has 2 aromatic carbocycles. The largest absolute Gasteiger partial charge is 0.353 e. The Labute approximate surface area is 113 Å². The molecule has 0 saturated carbocycles. The first-order chi connectivity index (χ1) is 8.74. The van der Waals surface area contributed by atoms with E-state index in [0.29, 0.717) is 22.5 Å². The molecule has 86 valence electrons. The van der Waals surface area contributed by atoms with Gasteiger partial charge in [0, 0.05) is 4.47 Å². The van der Waals surface area contributed by atoms with E-state index in [1.807, 2.05) is 18.2 Å². The lowest BCUT2D eigenvalue weighted by molar-refractivity contribution is 1.43. The highest BCUT2D eigenvalue weighted by molar-refractivity contribution is 9.10. The van der Waals surface area contributed by atoms with Crippen molar-refractivity contribution in [3.05, 3.63) is 58.1 Å². The second-order valence-electron chi connectivity index (χ2n) is 3.58. The van der Waals surface area contributed by atoms with E-state index in [2.05, 4.69) is 33.4 Å². The number of nitrogens with zero attached hydrogens (tertiary/aromatic N) is 2. The van der Waals surface area contributed by atoms with Crippen LogP contribution in [0.3, 0.4) is 0 Å². The summed E-state index contributed by atoms with van der Waals surface area (Å²) in [5.74, 6) is 0. The number of rotatable bonds is 2. The maximum atomic E-state index is 9.07. The zero-order valence-corrected chi connectivity index (χ0v) is 10.9. The predicted octanol–water partition coefficient (Wildman–Crippen LogP) is 3.94. The highest BCUT2D eigenvalue weighted by atomic mass is 79.9. The molecule has 2 rings (SSSR count). The van der Waals surface area contributed by atoms with E-state index in [-0.39, 0.29) is 0 Å². The van der Waals surface area contributed by atoms with Crippen LogP contribution in [0.25, 0.3) is 0 Å². The molecule has 0 radical (unpaired) electrons. The molecule has 0 saturated heterocycles. The Morgan fingerprint density at radius 2 is 1.56 bits per heavy atom. The van der Waals surface area contributed by atoms with Crippen LogP contribution < -0.4 is 5.32 Å². The minimum absolute atomic E-state index is 0.525. The van der Waals surface area contributed by atoms with Crippen molar-refractivity contribution in [3.63, 3.8) is 0 Å². The van der Waals surface area contributed by atoms with Gasteiger partial charge in [0.25, 0.3) is 0 Å². The second-order valence-corrected chi connectivity index (χ2v) is 4.50. The van der Waals surface area contributed by atoms with Gasteiger partial charge in [-0.3, -0.25) is 0 Å². The van der Waals surface area contributed by atoms with Crippen LogP contribution in [0.2, 0.25) is 0 Å². The van der Waals surface area contributed by atoms with Crippen LogP contribution >= 0.6 is 15.9 Å². The molecule has 0 aromatic heterocycles. The van der Waals surface area contributed by atoms with Gasteiger partial charge in [0.15, 0.2) is 0 Å². The number of para-hydroxylation sites is 1. The molecule has 0 fully saturated rings. The van der Waals surface area contributed by atoms with Crippen LogP contribution in [0.1, 0.15) is 11.1 Å². The highest BCUT2D eigenvalue weighted by Crippen LogP contribution is 2.25. The second kappa shape index (κ2) is 5.35. The average Bonchev–Trinajstić information content (AvgIpc) is 2.41. The lowest BCUT2D eigenvalue weighted by Gasteiger charge is -2.09. The molecule has 1 N–H and O–H groups in total. The minimum atomic E-state index is 0.525. The van der Waals surface area contributed by atoms with Gasteiger partial charge in [-0.2, -0.15) is 10.5 Å². The van der Waals surface area contributed by atoms with Crippen LogP contribution in [0.5, 0.6) is 0 Å². The van der Waals surface area contributed by atoms with Crippen molar-refractivity contribution >= 4 is 27.3 Å². The molecule has 0 aliphatic heterocycles. The SMILES string of the molecule is N#Cc1ccccc1Nc1ccc(Br)cc1C#N. The van der Waals surface area contributed by atoms with Crippen molar-refractivity contribution in [1.29, 1.82) is 10.5 Å². The fourth-order valence-corrected chi connectivity index (χ4v) is 1.91. The van der Waals surface area contributed by atoms with Crippen molar-refractivity contribution in [2.75, 3.05) is 5.32 Å². The third-order valence-corrected chi connectivity index (χ3v) is 2.91. The quantitative estimate of drug-likeness (QED) is 0.913. The van der Waals surface area contributed by atoms with Gasteiger partial charge in [0.2, 0.25) is 0 Å². The first kappa shape index (κ1) is 12.2. The molecule has 18 heavy (non-hydrogen) atoms. The van der Waals surface area contributed by atoms with Crippen LogP contribution in [0.15, 0.2) is 46.9 Å². The molecular formula is C14H8BrN3. The van der Waals surface area contributed by atoms with Gasteiger partial charge in [-0.1, -0.05) is 28.1 Å². The summed E-state index contributed by atoms with van der Waals surface area (Å²) in [6.45, 7) is 0. The molecule has 0 atom stereocenters. The maximum absolute atomic E-state index is 9.07. The Hall–Kier alpha value is -2.30. The lowest BCUT2D eigenvalue weighted by Crippen LogP contribution is -1.95. The van der Waals surface area contributed by atoms with E-state index >= 15 is 0 Å². The Kier molecular flexibility index (Phi) is 3.62. The number of hydrogen-bond acceptors (Lipinski definition) is 3. The summed E-state index contributed by atoms with van der Waals surface area (Å²) in [7, 11) is 0. The summed E-state index contributed by atoms with van der Waals surface area (Å²) < 4.78 is 0.846. The fourth-order valence-electron chi connectivity index (χ4n) is 1.55. The molecule has 0 heterocycles. The highest BCUT2D eigenvalue weighted by Gasteiger charge is 2.05. The van der Waals surface area contributed by atoms with E-state index in [1.54, 1.807) is 24.3 Å². The zero-order chi connectivity index (χ0) is 13.0. The first-order valence-electron chi connectivity index (χ1n) is 5.20. The average molecular weight is 298 g/mol. The number of nitriles is 2. The minimum Gasteiger partial charge on any atom is -0.353 e. The van der Waals surface area contributed by atoms with Crippen molar-refractivity contribution in [2.45, 2.75) is 0 Å². The van der Waals surface area contributed by atoms with Crippen molar-refractivity contribution in [1.82, 2.24) is 0 Å². The normalized spacial score (nSPS) is 9.28. The number of nitrogens with one attached hydrogen (secondary N) is 1. The van der Waals surface area contributed by atoms with Crippen LogP contribution in [0, 0.1) is 22.7 Å². The molecule has 0 unspecified atom stereocenters.